The van der Waals surface area contributed by atoms with Crippen molar-refractivity contribution in [2.75, 3.05) is 0 Å². The Bertz CT molecular complexity index is 291. The molecule has 78 valence electrons. The fourth-order valence-corrected chi connectivity index (χ4v) is 1.81. The summed E-state index contributed by atoms with van der Waals surface area (Å²) in [6, 6.07) is 0.441. The minimum atomic E-state index is 0.425. The smallest absolute Gasteiger partial charge is 0.165 e. The third-order valence-corrected chi connectivity index (χ3v) is 2.86. The second kappa shape index (κ2) is 4.04. The second-order valence-corrected chi connectivity index (χ2v) is 3.98. The van der Waals surface area contributed by atoms with E-state index in [0.29, 0.717) is 12.6 Å². The van der Waals surface area contributed by atoms with Gasteiger partial charge in [0.15, 0.2) is 5.82 Å². The van der Waals surface area contributed by atoms with Gasteiger partial charge in [0.1, 0.15) is 0 Å². The molecular formula is C9H17N5. The molecule has 0 aliphatic heterocycles. The van der Waals surface area contributed by atoms with Crippen molar-refractivity contribution in [3.63, 3.8) is 0 Å². The molecule has 0 bridgehead atoms. The summed E-state index contributed by atoms with van der Waals surface area (Å²) in [5.41, 5.74) is 5.57. The van der Waals surface area contributed by atoms with Gasteiger partial charge in [0.2, 0.25) is 0 Å². The number of hydrogen-bond donors (Lipinski definition) is 1. The molecule has 1 saturated carbocycles. The van der Waals surface area contributed by atoms with Gasteiger partial charge in [-0.25, -0.2) is 4.68 Å². The Kier molecular flexibility index (Phi) is 2.77. The Hall–Kier alpha value is -0.970. The molecule has 1 fully saturated rings. The number of rotatable bonds is 5. The third-order valence-electron chi connectivity index (χ3n) is 2.86. The maximum absolute atomic E-state index is 5.57. The molecule has 1 heterocycles. The molecule has 1 unspecified atom stereocenters. The number of aromatic nitrogens is 4. The van der Waals surface area contributed by atoms with Gasteiger partial charge in [-0.3, -0.25) is 0 Å². The van der Waals surface area contributed by atoms with Crippen LogP contribution in [0.2, 0.25) is 0 Å². The first-order valence-electron chi connectivity index (χ1n) is 5.32. The van der Waals surface area contributed by atoms with Gasteiger partial charge in [0.25, 0.3) is 0 Å². The molecule has 5 heteroatoms. The van der Waals surface area contributed by atoms with Crippen LogP contribution in [0.1, 0.15) is 44.5 Å². The standard InChI is InChI=1S/C9H17N5/c1-2-8(5-7-3-4-7)14-9(6-10)11-12-13-14/h7-8H,2-6,10H2,1H3. The van der Waals surface area contributed by atoms with Gasteiger partial charge in [0, 0.05) is 0 Å². The van der Waals surface area contributed by atoms with Crippen LogP contribution in [0.15, 0.2) is 0 Å². The number of nitrogens with two attached hydrogens (primary N) is 1. The van der Waals surface area contributed by atoms with Crippen LogP contribution in [0.5, 0.6) is 0 Å². The van der Waals surface area contributed by atoms with Crippen molar-refractivity contribution in [3.05, 3.63) is 5.82 Å². The molecule has 14 heavy (non-hydrogen) atoms. The van der Waals surface area contributed by atoms with E-state index in [1.54, 1.807) is 0 Å². The van der Waals surface area contributed by atoms with Crippen LogP contribution in [0.4, 0.5) is 0 Å². The summed E-state index contributed by atoms with van der Waals surface area (Å²) in [7, 11) is 0. The van der Waals surface area contributed by atoms with Crippen molar-refractivity contribution in [1.29, 1.82) is 0 Å². The van der Waals surface area contributed by atoms with Crippen molar-refractivity contribution in [2.45, 2.75) is 45.2 Å². The molecule has 5 nitrogen and oxygen atoms in total. The molecule has 2 N–H and O–H groups in total. The van der Waals surface area contributed by atoms with E-state index in [-0.39, 0.29) is 0 Å². The summed E-state index contributed by atoms with van der Waals surface area (Å²) in [5, 5.41) is 11.6. The highest BCUT2D eigenvalue weighted by molar-refractivity contribution is 4.85. The molecule has 0 radical (unpaired) electrons. The van der Waals surface area contributed by atoms with Gasteiger partial charge in [-0.2, -0.15) is 0 Å². The van der Waals surface area contributed by atoms with Crippen molar-refractivity contribution in [1.82, 2.24) is 20.2 Å². The predicted molar refractivity (Wildman–Crippen MR) is 52.4 cm³/mol. The Balaban J connectivity index is 2.08. The van der Waals surface area contributed by atoms with E-state index in [2.05, 4.69) is 22.4 Å². The van der Waals surface area contributed by atoms with Crippen molar-refractivity contribution in [2.24, 2.45) is 11.7 Å². The quantitative estimate of drug-likeness (QED) is 0.757. The van der Waals surface area contributed by atoms with Gasteiger partial charge in [0.05, 0.1) is 12.6 Å². The van der Waals surface area contributed by atoms with Crippen LogP contribution in [-0.2, 0) is 6.54 Å². The number of hydrogen-bond acceptors (Lipinski definition) is 4. The van der Waals surface area contributed by atoms with Gasteiger partial charge >= 0.3 is 0 Å². The van der Waals surface area contributed by atoms with Crippen LogP contribution in [-0.4, -0.2) is 20.2 Å². The lowest BCUT2D eigenvalue weighted by molar-refractivity contribution is 0.374. The van der Waals surface area contributed by atoms with E-state index in [1.165, 1.54) is 19.3 Å². The molecule has 0 aromatic carbocycles. The van der Waals surface area contributed by atoms with E-state index < -0.39 is 0 Å². The lowest BCUT2D eigenvalue weighted by Gasteiger charge is -2.15. The minimum absolute atomic E-state index is 0.425. The summed E-state index contributed by atoms with van der Waals surface area (Å²) in [5.74, 6) is 1.70. The fourth-order valence-electron chi connectivity index (χ4n) is 1.81. The minimum Gasteiger partial charge on any atom is -0.324 e. The second-order valence-electron chi connectivity index (χ2n) is 3.98. The largest absolute Gasteiger partial charge is 0.324 e. The molecule has 0 spiro atoms. The Morgan fingerprint density at radius 1 is 1.57 bits per heavy atom. The summed E-state index contributed by atoms with van der Waals surface area (Å²) in [6.45, 7) is 2.60. The Morgan fingerprint density at radius 2 is 2.36 bits per heavy atom. The van der Waals surface area contributed by atoms with Crippen LogP contribution >= 0.6 is 0 Å². The van der Waals surface area contributed by atoms with Gasteiger partial charge < -0.3 is 5.73 Å². The zero-order chi connectivity index (χ0) is 9.97. The molecule has 1 aromatic heterocycles. The van der Waals surface area contributed by atoms with E-state index in [0.717, 1.165) is 18.2 Å². The van der Waals surface area contributed by atoms with Gasteiger partial charge in [-0.1, -0.05) is 19.8 Å². The third kappa shape index (κ3) is 1.92. The van der Waals surface area contributed by atoms with Crippen LogP contribution in [0, 0.1) is 5.92 Å². The fraction of sp³-hybridized carbons (Fsp3) is 0.889. The highest BCUT2D eigenvalue weighted by Gasteiger charge is 2.27. The average molecular weight is 195 g/mol. The predicted octanol–water partition coefficient (Wildman–Crippen LogP) is 0.883. The lowest BCUT2D eigenvalue weighted by Crippen LogP contribution is -2.16. The molecule has 1 aliphatic carbocycles. The first kappa shape index (κ1) is 9.58. The first-order chi connectivity index (χ1) is 6.85. The normalized spacial score (nSPS) is 18.4. The SMILES string of the molecule is CCC(CC1CC1)n1nnnc1CN. The Morgan fingerprint density at radius 3 is 2.93 bits per heavy atom. The summed E-state index contributed by atoms with van der Waals surface area (Å²) >= 11 is 0. The van der Waals surface area contributed by atoms with E-state index >= 15 is 0 Å². The van der Waals surface area contributed by atoms with Crippen molar-refractivity contribution in [3.8, 4) is 0 Å². The van der Waals surface area contributed by atoms with Crippen LogP contribution in [0.3, 0.4) is 0 Å². The van der Waals surface area contributed by atoms with Gasteiger partial charge in [-0.15, -0.1) is 5.10 Å². The van der Waals surface area contributed by atoms with E-state index in [1.807, 2.05) is 4.68 Å². The molecule has 1 aliphatic rings. The lowest BCUT2D eigenvalue weighted by atomic mass is 10.1. The average Bonchev–Trinajstić information content (AvgIpc) is 2.90. The van der Waals surface area contributed by atoms with E-state index in [4.69, 9.17) is 5.73 Å². The van der Waals surface area contributed by atoms with Crippen LogP contribution in [0.25, 0.3) is 0 Å². The van der Waals surface area contributed by atoms with Crippen LogP contribution < -0.4 is 5.73 Å². The topological polar surface area (TPSA) is 69.6 Å². The first-order valence-corrected chi connectivity index (χ1v) is 5.32. The monoisotopic (exact) mass is 195 g/mol. The summed E-state index contributed by atoms with van der Waals surface area (Å²) in [4.78, 5) is 0. The molecule has 0 amide bonds. The maximum Gasteiger partial charge on any atom is 0.165 e. The number of nitrogens with zero attached hydrogens (tertiary/aromatic N) is 4. The molecule has 0 saturated heterocycles. The molecule has 1 atom stereocenters. The molecular weight excluding hydrogens is 178 g/mol. The van der Waals surface area contributed by atoms with Gasteiger partial charge in [-0.05, 0) is 29.2 Å². The highest BCUT2D eigenvalue weighted by Crippen LogP contribution is 2.37. The summed E-state index contributed by atoms with van der Waals surface area (Å²) in [6.07, 6.45) is 5.02. The van der Waals surface area contributed by atoms with Crippen molar-refractivity contribution >= 4 is 0 Å². The zero-order valence-electron chi connectivity index (χ0n) is 8.56. The Labute approximate surface area is 83.7 Å². The van der Waals surface area contributed by atoms with E-state index in [9.17, 15) is 0 Å². The number of tetrazole rings is 1. The van der Waals surface area contributed by atoms with Crippen molar-refractivity contribution < 1.29 is 0 Å². The highest BCUT2D eigenvalue weighted by atomic mass is 15.5. The zero-order valence-corrected chi connectivity index (χ0v) is 8.56. The maximum atomic E-state index is 5.57. The molecule has 2 rings (SSSR count). The summed E-state index contributed by atoms with van der Waals surface area (Å²) < 4.78 is 1.90. The molecule has 1 aromatic rings.